The fourth-order valence-electron chi connectivity index (χ4n) is 3.77. The van der Waals surface area contributed by atoms with Crippen molar-refractivity contribution in [3.05, 3.63) is 0 Å². The molecular formula is C16H29F3N2. The summed E-state index contributed by atoms with van der Waals surface area (Å²) in [6.07, 6.45) is 1.03. The zero-order valence-electron chi connectivity index (χ0n) is 13.5. The molecule has 2 aliphatic carbocycles. The van der Waals surface area contributed by atoms with Gasteiger partial charge in [-0.25, -0.2) is 0 Å². The Kier molecular flexibility index (Phi) is 5.24. The Bertz CT molecular complexity index is 337. The Hall–Kier alpha value is -0.290. The van der Waals surface area contributed by atoms with Crippen LogP contribution in [0.1, 0.15) is 52.9 Å². The number of halogens is 3. The summed E-state index contributed by atoms with van der Waals surface area (Å²) in [7, 11) is 0. The Morgan fingerprint density at radius 2 is 1.86 bits per heavy atom. The highest BCUT2D eigenvalue weighted by Crippen LogP contribution is 2.40. The van der Waals surface area contributed by atoms with Gasteiger partial charge in [0.1, 0.15) is 0 Å². The first-order valence-electron chi connectivity index (χ1n) is 8.24. The summed E-state index contributed by atoms with van der Waals surface area (Å²) < 4.78 is 38.4. The number of hydrogen-bond acceptors (Lipinski definition) is 2. The minimum atomic E-state index is -4.08. The molecule has 0 aliphatic heterocycles. The third-order valence-electron chi connectivity index (χ3n) is 4.90. The fourth-order valence-corrected chi connectivity index (χ4v) is 3.77. The van der Waals surface area contributed by atoms with Gasteiger partial charge in [-0.05, 0) is 50.0 Å². The summed E-state index contributed by atoms with van der Waals surface area (Å²) in [5.41, 5.74) is 0.254. The molecule has 0 heterocycles. The van der Waals surface area contributed by atoms with Crippen LogP contribution < -0.4 is 5.32 Å². The lowest BCUT2D eigenvalue weighted by Crippen LogP contribution is -2.49. The topological polar surface area (TPSA) is 15.3 Å². The van der Waals surface area contributed by atoms with Gasteiger partial charge in [-0.15, -0.1) is 0 Å². The molecule has 2 aliphatic rings. The molecule has 1 N–H and O–H groups in total. The molecule has 0 saturated heterocycles. The number of nitrogens with zero attached hydrogens (tertiary/aromatic N) is 1. The summed E-state index contributed by atoms with van der Waals surface area (Å²) in [6.45, 7) is 7.30. The third-order valence-corrected chi connectivity index (χ3v) is 4.90. The Balaban J connectivity index is 2.00. The Morgan fingerprint density at radius 3 is 2.38 bits per heavy atom. The van der Waals surface area contributed by atoms with Crippen LogP contribution in [0.5, 0.6) is 0 Å². The molecule has 2 nitrogen and oxygen atoms in total. The minimum Gasteiger partial charge on any atom is -0.314 e. The predicted molar refractivity (Wildman–Crippen MR) is 79.2 cm³/mol. The van der Waals surface area contributed by atoms with Crippen molar-refractivity contribution in [1.29, 1.82) is 0 Å². The van der Waals surface area contributed by atoms with Crippen molar-refractivity contribution in [3.63, 3.8) is 0 Å². The maximum atomic E-state index is 12.8. The first-order valence-corrected chi connectivity index (χ1v) is 8.24. The van der Waals surface area contributed by atoms with Crippen molar-refractivity contribution in [2.24, 2.45) is 11.3 Å². The number of hydrogen-bond donors (Lipinski definition) is 1. The van der Waals surface area contributed by atoms with E-state index in [0.717, 1.165) is 38.6 Å². The molecule has 124 valence electrons. The van der Waals surface area contributed by atoms with Gasteiger partial charge in [0.25, 0.3) is 0 Å². The SMILES string of the molecule is CCNC1CCC(C)(C)CC1CN(CC(F)(F)F)C1CC1. The van der Waals surface area contributed by atoms with E-state index < -0.39 is 12.7 Å². The lowest BCUT2D eigenvalue weighted by molar-refractivity contribution is -0.149. The largest absolute Gasteiger partial charge is 0.401 e. The molecule has 5 heteroatoms. The van der Waals surface area contributed by atoms with Crippen LogP contribution in [0.15, 0.2) is 0 Å². The van der Waals surface area contributed by atoms with E-state index in [2.05, 4.69) is 26.1 Å². The van der Waals surface area contributed by atoms with E-state index in [-0.39, 0.29) is 11.5 Å². The van der Waals surface area contributed by atoms with Crippen molar-refractivity contribution in [3.8, 4) is 0 Å². The molecule has 2 unspecified atom stereocenters. The molecule has 0 bridgehead atoms. The molecule has 2 atom stereocenters. The highest BCUT2D eigenvalue weighted by molar-refractivity contribution is 4.93. The van der Waals surface area contributed by atoms with E-state index in [1.807, 2.05) is 0 Å². The van der Waals surface area contributed by atoms with Crippen LogP contribution >= 0.6 is 0 Å². The van der Waals surface area contributed by atoms with E-state index in [9.17, 15) is 13.2 Å². The van der Waals surface area contributed by atoms with Gasteiger partial charge in [-0.3, -0.25) is 4.90 Å². The molecule has 0 amide bonds. The highest BCUT2D eigenvalue weighted by atomic mass is 19.4. The van der Waals surface area contributed by atoms with Gasteiger partial charge < -0.3 is 5.32 Å². The monoisotopic (exact) mass is 306 g/mol. The quantitative estimate of drug-likeness (QED) is 0.802. The zero-order valence-corrected chi connectivity index (χ0v) is 13.5. The summed E-state index contributed by atoms with van der Waals surface area (Å²) >= 11 is 0. The second-order valence-electron chi connectivity index (χ2n) is 7.61. The van der Waals surface area contributed by atoms with E-state index in [4.69, 9.17) is 0 Å². The standard InChI is InChI=1S/C16H29F3N2/c1-4-20-14-7-8-15(2,3)9-12(14)10-21(13-5-6-13)11-16(17,18)19/h12-14,20H,4-11H2,1-3H3. The molecule has 0 radical (unpaired) electrons. The molecule has 0 aromatic rings. The van der Waals surface area contributed by atoms with Crippen molar-refractivity contribution >= 4 is 0 Å². The Morgan fingerprint density at radius 1 is 1.19 bits per heavy atom. The molecule has 2 rings (SSSR count). The average molecular weight is 306 g/mol. The summed E-state index contributed by atoms with van der Waals surface area (Å²) in [4.78, 5) is 1.69. The van der Waals surface area contributed by atoms with Crippen LogP contribution in [-0.2, 0) is 0 Å². The van der Waals surface area contributed by atoms with Gasteiger partial charge in [-0.1, -0.05) is 20.8 Å². The van der Waals surface area contributed by atoms with Gasteiger partial charge in [-0.2, -0.15) is 13.2 Å². The van der Waals surface area contributed by atoms with Crippen LogP contribution in [0.4, 0.5) is 13.2 Å². The number of nitrogens with one attached hydrogen (secondary N) is 1. The highest BCUT2D eigenvalue weighted by Gasteiger charge is 2.42. The summed E-state index contributed by atoms with van der Waals surface area (Å²) in [6, 6.07) is 0.538. The van der Waals surface area contributed by atoms with Crippen LogP contribution in [0.3, 0.4) is 0 Å². The first-order chi connectivity index (χ1) is 9.70. The molecule has 0 spiro atoms. The second-order valence-corrected chi connectivity index (χ2v) is 7.61. The predicted octanol–water partition coefficient (Wildman–Crippen LogP) is 3.82. The van der Waals surface area contributed by atoms with Crippen LogP contribution in [0, 0.1) is 11.3 Å². The van der Waals surface area contributed by atoms with Crippen LogP contribution in [0.2, 0.25) is 0 Å². The molecule has 21 heavy (non-hydrogen) atoms. The van der Waals surface area contributed by atoms with Gasteiger partial charge in [0.15, 0.2) is 0 Å². The third kappa shape index (κ3) is 5.44. The maximum absolute atomic E-state index is 12.8. The number of rotatable bonds is 6. The Labute approximate surface area is 126 Å². The van der Waals surface area contributed by atoms with Gasteiger partial charge in [0, 0.05) is 18.6 Å². The van der Waals surface area contributed by atoms with E-state index >= 15 is 0 Å². The molecule has 2 fully saturated rings. The van der Waals surface area contributed by atoms with Crippen molar-refractivity contribution in [2.75, 3.05) is 19.6 Å². The summed E-state index contributed by atoms with van der Waals surface area (Å²) in [5, 5.41) is 3.49. The smallest absolute Gasteiger partial charge is 0.314 e. The minimum absolute atomic E-state index is 0.166. The second kappa shape index (κ2) is 6.45. The van der Waals surface area contributed by atoms with Crippen molar-refractivity contribution in [2.45, 2.75) is 71.1 Å². The van der Waals surface area contributed by atoms with E-state index in [1.54, 1.807) is 4.90 Å². The van der Waals surface area contributed by atoms with Crippen LogP contribution in [-0.4, -0.2) is 42.8 Å². The normalized spacial score (nSPS) is 29.9. The zero-order chi connectivity index (χ0) is 15.7. The lowest BCUT2D eigenvalue weighted by atomic mass is 9.69. The average Bonchev–Trinajstić information content (AvgIpc) is 3.13. The van der Waals surface area contributed by atoms with Gasteiger partial charge in [0.05, 0.1) is 6.54 Å². The summed E-state index contributed by atoms with van der Waals surface area (Å²) in [5.74, 6) is 0.330. The number of alkyl halides is 3. The molecular weight excluding hydrogens is 277 g/mol. The van der Waals surface area contributed by atoms with Gasteiger partial charge >= 0.3 is 6.18 Å². The lowest BCUT2D eigenvalue weighted by Gasteiger charge is -2.43. The molecule has 0 aromatic carbocycles. The fraction of sp³-hybridized carbons (Fsp3) is 1.00. The van der Waals surface area contributed by atoms with Gasteiger partial charge in [0.2, 0.25) is 0 Å². The molecule has 0 aromatic heterocycles. The maximum Gasteiger partial charge on any atom is 0.401 e. The first kappa shape index (κ1) is 17.1. The van der Waals surface area contributed by atoms with Crippen molar-refractivity contribution in [1.82, 2.24) is 10.2 Å². The van der Waals surface area contributed by atoms with Crippen LogP contribution in [0.25, 0.3) is 0 Å². The molecule has 2 saturated carbocycles. The van der Waals surface area contributed by atoms with E-state index in [1.165, 1.54) is 0 Å². The van der Waals surface area contributed by atoms with Crippen molar-refractivity contribution < 1.29 is 13.2 Å². The van der Waals surface area contributed by atoms with E-state index in [0.29, 0.717) is 18.5 Å².